The van der Waals surface area contributed by atoms with E-state index >= 15 is 0 Å². The van der Waals surface area contributed by atoms with Crippen molar-refractivity contribution in [2.24, 2.45) is 0 Å². The maximum absolute atomic E-state index is 11.0. The van der Waals surface area contributed by atoms with Crippen LogP contribution in [0.25, 0.3) is 0 Å². The van der Waals surface area contributed by atoms with E-state index in [0.29, 0.717) is 6.54 Å². The molecule has 0 spiro atoms. The molecule has 5 heteroatoms. The van der Waals surface area contributed by atoms with Crippen LogP contribution in [0.4, 0.5) is 0 Å². The highest BCUT2D eigenvalue weighted by Crippen LogP contribution is 2.16. The lowest BCUT2D eigenvalue weighted by atomic mass is 10.0. The maximum Gasteiger partial charge on any atom is 0.322 e. The smallest absolute Gasteiger partial charge is 0.322 e. The number of nitrogens with one attached hydrogen (secondary N) is 2. The van der Waals surface area contributed by atoms with Crippen LogP contribution in [0.2, 0.25) is 0 Å². The fourth-order valence-electron chi connectivity index (χ4n) is 1.76. The molecule has 1 aromatic heterocycles. The SMILES string of the molecule is O=C(O)C1NCCNC1c1ccccn1. The Morgan fingerprint density at radius 3 is 2.87 bits per heavy atom. The summed E-state index contributed by atoms with van der Waals surface area (Å²) in [5, 5.41) is 15.2. The molecule has 1 aliphatic rings. The number of aromatic nitrogens is 1. The number of hydrogen-bond acceptors (Lipinski definition) is 4. The van der Waals surface area contributed by atoms with E-state index in [1.807, 2.05) is 18.2 Å². The molecule has 0 aromatic carbocycles. The van der Waals surface area contributed by atoms with Gasteiger partial charge in [0.2, 0.25) is 0 Å². The number of rotatable bonds is 2. The summed E-state index contributed by atoms with van der Waals surface area (Å²) in [7, 11) is 0. The topological polar surface area (TPSA) is 74.2 Å². The molecule has 0 radical (unpaired) electrons. The summed E-state index contributed by atoms with van der Waals surface area (Å²) in [6.07, 6.45) is 1.67. The minimum atomic E-state index is -0.849. The van der Waals surface area contributed by atoms with Gasteiger partial charge in [0, 0.05) is 19.3 Å². The van der Waals surface area contributed by atoms with Gasteiger partial charge in [-0.1, -0.05) is 6.07 Å². The molecule has 1 aromatic rings. The van der Waals surface area contributed by atoms with Crippen molar-refractivity contribution in [3.8, 4) is 0 Å². The van der Waals surface area contributed by atoms with Crippen molar-refractivity contribution in [2.75, 3.05) is 13.1 Å². The average Bonchev–Trinajstić information content (AvgIpc) is 2.30. The number of carboxylic acid groups (broad SMARTS) is 1. The van der Waals surface area contributed by atoms with Gasteiger partial charge in [-0.05, 0) is 12.1 Å². The predicted octanol–water partition coefficient (Wildman–Crippen LogP) is -0.231. The Kier molecular flexibility index (Phi) is 2.94. The highest BCUT2D eigenvalue weighted by molar-refractivity contribution is 5.75. The van der Waals surface area contributed by atoms with Crippen LogP contribution in [0, 0.1) is 0 Å². The lowest BCUT2D eigenvalue weighted by molar-refractivity contribution is -0.140. The molecule has 0 aliphatic carbocycles. The Bertz CT molecular complexity index is 342. The summed E-state index contributed by atoms with van der Waals surface area (Å²) in [4.78, 5) is 15.2. The highest BCUT2D eigenvalue weighted by Gasteiger charge is 2.31. The van der Waals surface area contributed by atoms with Gasteiger partial charge in [0.25, 0.3) is 0 Å². The fraction of sp³-hybridized carbons (Fsp3) is 0.400. The van der Waals surface area contributed by atoms with E-state index in [0.717, 1.165) is 12.2 Å². The van der Waals surface area contributed by atoms with Gasteiger partial charge in [-0.25, -0.2) is 0 Å². The van der Waals surface area contributed by atoms with Gasteiger partial charge < -0.3 is 15.7 Å². The lowest BCUT2D eigenvalue weighted by Crippen LogP contribution is -2.54. The van der Waals surface area contributed by atoms with Crippen LogP contribution in [0.1, 0.15) is 11.7 Å². The van der Waals surface area contributed by atoms with E-state index in [9.17, 15) is 4.79 Å². The minimum absolute atomic E-state index is 0.252. The largest absolute Gasteiger partial charge is 0.480 e. The Morgan fingerprint density at radius 1 is 1.40 bits per heavy atom. The summed E-state index contributed by atoms with van der Waals surface area (Å²) < 4.78 is 0. The first kappa shape index (κ1) is 10.1. The van der Waals surface area contributed by atoms with Crippen LogP contribution in [0.15, 0.2) is 24.4 Å². The monoisotopic (exact) mass is 207 g/mol. The van der Waals surface area contributed by atoms with Gasteiger partial charge in [-0.3, -0.25) is 9.78 Å². The van der Waals surface area contributed by atoms with Crippen molar-refractivity contribution >= 4 is 5.97 Å². The number of piperazine rings is 1. The van der Waals surface area contributed by atoms with Gasteiger partial charge in [0.05, 0.1) is 11.7 Å². The van der Waals surface area contributed by atoms with Crippen LogP contribution in [0.5, 0.6) is 0 Å². The summed E-state index contributed by atoms with van der Waals surface area (Å²) in [6.45, 7) is 1.42. The zero-order chi connectivity index (χ0) is 10.7. The van der Waals surface area contributed by atoms with E-state index in [4.69, 9.17) is 5.11 Å². The molecule has 15 heavy (non-hydrogen) atoms. The first-order valence-electron chi connectivity index (χ1n) is 4.89. The molecule has 1 fully saturated rings. The molecule has 2 unspecified atom stereocenters. The molecule has 0 amide bonds. The summed E-state index contributed by atoms with van der Waals surface area (Å²) in [5.74, 6) is -0.849. The zero-order valence-electron chi connectivity index (χ0n) is 8.18. The second-order valence-electron chi connectivity index (χ2n) is 3.46. The standard InChI is InChI=1S/C10H13N3O2/c14-10(15)9-8(12-5-6-13-9)7-3-1-2-4-11-7/h1-4,8-9,12-13H,5-6H2,(H,14,15). The predicted molar refractivity (Wildman–Crippen MR) is 54.4 cm³/mol. The molecule has 3 N–H and O–H groups in total. The molecule has 0 saturated carbocycles. The molecule has 2 rings (SSSR count). The Hall–Kier alpha value is -1.46. The summed E-state index contributed by atoms with van der Waals surface area (Å²) in [5.41, 5.74) is 0.761. The Labute approximate surface area is 87.5 Å². The van der Waals surface area contributed by atoms with E-state index < -0.39 is 12.0 Å². The number of pyridine rings is 1. The lowest BCUT2D eigenvalue weighted by Gasteiger charge is -2.30. The van der Waals surface area contributed by atoms with E-state index in [2.05, 4.69) is 15.6 Å². The van der Waals surface area contributed by atoms with Crippen molar-refractivity contribution in [3.05, 3.63) is 30.1 Å². The van der Waals surface area contributed by atoms with Crippen LogP contribution in [0.3, 0.4) is 0 Å². The second-order valence-corrected chi connectivity index (χ2v) is 3.46. The van der Waals surface area contributed by atoms with Crippen molar-refractivity contribution in [2.45, 2.75) is 12.1 Å². The first-order valence-corrected chi connectivity index (χ1v) is 4.89. The van der Waals surface area contributed by atoms with Gasteiger partial charge in [0.1, 0.15) is 6.04 Å². The number of aliphatic carboxylic acids is 1. The van der Waals surface area contributed by atoms with E-state index in [1.165, 1.54) is 0 Å². The van der Waals surface area contributed by atoms with Gasteiger partial charge in [-0.2, -0.15) is 0 Å². The number of carboxylic acids is 1. The molecule has 0 bridgehead atoms. The van der Waals surface area contributed by atoms with Gasteiger partial charge in [-0.15, -0.1) is 0 Å². The molecular weight excluding hydrogens is 194 g/mol. The van der Waals surface area contributed by atoms with Gasteiger partial charge >= 0.3 is 5.97 Å². The van der Waals surface area contributed by atoms with Crippen LogP contribution >= 0.6 is 0 Å². The molecular formula is C10H13N3O2. The Morgan fingerprint density at radius 2 is 2.20 bits per heavy atom. The third kappa shape index (κ3) is 2.14. The quantitative estimate of drug-likeness (QED) is 0.624. The summed E-state index contributed by atoms with van der Waals surface area (Å²) >= 11 is 0. The molecule has 1 aliphatic heterocycles. The summed E-state index contributed by atoms with van der Waals surface area (Å²) in [6, 6.07) is 4.65. The highest BCUT2D eigenvalue weighted by atomic mass is 16.4. The van der Waals surface area contributed by atoms with Gasteiger partial charge in [0.15, 0.2) is 0 Å². The first-order chi connectivity index (χ1) is 7.29. The van der Waals surface area contributed by atoms with Crippen molar-refractivity contribution in [1.29, 1.82) is 0 Å². The average molecular weight is 207 g/mol. The normalized spacial score (nSPS) is 26.1. The molecule has 5 nitrogen and oxygen atoms in total. The van der Waals surface area contributed by atoms with E-state index in [1.54, 1.807) is 6.20 Å². The number of carbonyl (C=O) groups is 1. The number of nitrogens with zero attached hydrogens (tertiary/aromatic N) is 1. The molecule has 2 atom stereocenters. The van der Waals surface area contributed by atoms with Crippen molar-refractivity contribution in [1.82, 2.24) is 15.6 Å². The van der Waals surface area contributed by atoms with Crippen LogP contribution in [-0.4, -0.2) is 35.2 Å². The third-order valence-corrected chi connectivity index (χ3v) is 2.46. The Balaban J connectivity index is 2.22. The molecule has 2 heterocycles. The van der Waals surface area contributed by atoms with E-state index in [-0.39, 0.29) is 6.04 Å². The fourth-order valence-corrected chi connectivity index (χ4v) is 1.76. The zero-order valence-corrected chi connectivity index (χ0v) is 8.18. The maximum atomic E-state index is 11.0. The van der Waals surface area contributed by atoms with Crippen LogP contribution < -0.4 is 10.6 Å². The number of hydrogen-bond donors (Lipinski definition) is 3. The van der Waals surface area contributed by atoms with Crippen molar-refractivity contribution < 1.29 is 9.90 Å². The molecule has 80 valence electrons. The molecule has 1 saturated heterocycles. The second kappa shape index (κ2) is 4.37. The van der Waals surface area contributed by atoms with Crippen LogP contribution in [-0.2, 0) is 4.79 Å². The van der Waals surface area contributed by atoms with Crippen molar-refractivity contribution in [3.63, 3.8) is 0 Å². The third-order valence-electron chi connectivity index (χ3n) is 2.46. The minimum Gasteiger partial charge on any atom is -0.480 e.